The molecule has 0 fully saturated rings. The predicted octanol–water partition coefficient (Wildman–Crippen LogP) is 1.68. The Hall–Kier alpha value is -0.616. The van der Waals surface area contributed by atoms with Crippen molar-refractivity contribution in [3.8, 4) is 0 Å². The van der Waals surface area contributed by atoms with E-state index in [-0.39, 0.29) is 16.5 Å². The van der Waals surface area contributed by atoms with Crippen LogP contribution in [0.5, 0.6) is 0 Å². The Balaban J connectivity index is 0. The van der Waals surface area contributed by atoms with Crippen molar-refractivity contribution in [2.75, 3.05) is 0 Å². The van der Waals surface area contributed by atoms with Gasteiger partial charge in [-0.15, -0.1) is 0 Å². The Morgan fingerprint density at radius 2 is 1.44 bits per heavy atom. The van der Waals surface area contributed by atoms with Crippen LogP contribution >= 0.6 is 0 Å². The molecule has 0 radical (unpaired) electrons. The minimum absolute atomic E-state index is 0. The van der Waals surface area contributed by atoms with Crippen molar-refractivity contribution in [1.82, 2.24) is 4.98 Å². The van der Waals surface area contributed by atoms with E-state index in [9.17, 15) is 0 Å². The van der Waals surface area contributed by atoms with Gasteiger partial charge in [0.05, 0.1) is 0 Å². The summed E-state index contributed by atoms with van der Waals surface area (Å²) in [6, 6.07) is 5.72. The standard InChI is InChI=1S/C5H5N.C2H3.Ni/c1-2-4-6-5-3-1;1-2;/h1-5H;1H,2H2;/q;-1;. The van der Waals surface area contributed by atoms with Gasteiger partial charge in [-0.25, -0.2) is 0 Å². The van der Waals surface area contributed by atoms with Crippen molar-refractivity contribution in [3.63, 3.8) is 0 Å². The number of pyridine rings is 1. The van der Waals surface area contributed by atoms with E-state index in [1.54, 1.807) is 12.4 Å². The van der Waals surface area contributed by atoms with Crippen molar-refractivity contribution in [3.05, 3.63) is 43.8 Å². The molecule has 1 aromatic heterocycles. The molecule has 0 aliphatic heterocycles. The third-order valence-corrected chi connectivity index (χ3v) is 0.566. The zero-order chi connectivity index (χ0) is 6.24. The van der Waals surface area contributed by atoms with E-state index in [1.165, 1.54) is 0 Å². The summed E-state index contributed by atoms with van der Waals surface area (Å²) < 4.78 is 0. The van der Waals surface area contributed by atoms with Gasteiger partial charge in [0.1, 0.15) is 0 Å². The van der Waals surface area contributed by atoms with Gasteiger partial charge in [-0.2, -0.15) is 0 Å². The minimum Gasteiger partial charge on any atom is -0.521 e. The summed E-state index contributed by atoms with van der Waals surface area (Å²) in [5.74, 6) is 0. The fraction of sp³-hybridized carbons (Fsp3) is 0. The second-order valence-electron chi connectivity index (χ2n) is 1.02. The first kappa shape index (κ1) is 11.2. The Morgan fingerprint density at radius 3 is 1.56 bits per heavy atom. The van der Waals surface area contributed by atoms with Crippen LogP contribution in [0.1, 0.15) is 0 Å². The quantitative estimate of drug-likeness (QED) is 0.420. The van der Waals surface area contributed by atoms with Crippen LogP contribution in [-0.4, -0.2) is 4.98 Å². The van der Waals surface area contributed by atoms with E-state index in [2.05, 4.69) is 18.1 Å². The summed E-state index contributed by atoms with van der Waals surface area (Å²) in [7, 11) is 0. The van der Waals surface area contributed by atoms with Crippen LogP contribution in [0, 0.1) is 6.58 Å². The van der Waals surface area contributed by atoms with Crippen LogP contribution in [0.2, 0.25) is 0 Å². The van der Waals surface area contributed by atoms with Crippen molar-refractivity contribution in [2.24, 2.45) is 0 Å². The van der Waals surface area contributed by atoms with Gasteiger partial charge in [0, 0.05) is 28.9 Å². The predicted molar refractivity (Wildman–Crippen MR) is 34.2 cm³/mol. The maximum absolute atomic E-state index is 4.25. The fourth-order valence-electron chi connectivity index (χ4n) is 0.313. The molecule has 0 saturated carbocycles. The summed E-state index contributed by atoms with van der Waals surface area (Å²) in [5.41, 5.74) is 0. The molecule has 0 unspecified atom stereocenters. The fourth-order valence-corrected chi connectivity index (χ4v) is 0.313. The maximum Gasteiger partial charge on any atom is 0.0267 e. The monoisotopic (exact) mass is 164 g/mol. The minimum atomic E-state index is 0. The van der Waals surface area contributed by atoms with Crippen LogP contribution < -0.4 is 0 Å². The van der Waals surface area contributed by atoms with Crippen LogP contribution in [0.3, 0.4) is 0 Å². The summed E-state index contributed by atoms with van der Waals surface area (Å²) in [6.45, 7) is 7.00. The Morgan fingerprint density at radius 1 is 1.00 bits per heavy atom. The van der Waals surface area contributed by atoms with Gasteiger partial charge in [-0.05, 0) is 12.1 Å². The summed E-state index contributed by atoms with van der Waals surface area (Å²) >= 11 is 0. The number of hydrogen-bond acceptors (Lipinski definition) is 1. The van der Waals surface area contributed by atoms with Gasteiger partial charge in [-0.3, -0.25) is 11.6 Å². The summed E-state index contributed by atoms with van der Waals surface area (Å²) in [5, 5.41) is 0. The summed E-state index contributed by atoms with van der Waals surface area (Å²) in [6.07, 6.45) is 3.50. The molecule has 1 rings (SSSR count). The van der Waals surface area contributed by atoms with Crippen molar-refractivity contribution in [2.45, 2.75) is 0 Å². The molecule has 1 aromatic rings. The summed E-state index contributed by atoms with van der Waals surface area (Å²) in [4.78, 5) is 3.78. The van der Waals surface area contributed by atoms with Crippen molar-refractivity contribution in [1.29, 1.82) is 0 Å². The Bertz CT molecular complexity index is 91.8. The first-order valence-corrected chi connectivity index (χ1v) is 2.26. The number of hydrogen-bond donors (Lipinski definition) is 0. The van der Waals surface area contributed by atoms with Crippen LogP contribution in [-0.2, 0) is 16.5 Å². The topological polar surface area (TPSA) is 12.9 Å². The van der Waals surface area contributed by atoms with Crippen molar-refractivity contribution < 1.29 is 16.5 Å². The molecule has 0 bridgehead atoms. The van der Waals surface area contributed by atoms with Crippen LogP contribution in [0.4, 0.5) is 0 Å². The molecule has 1 nitrogen and oxygen atoms in total. The molecule has 0 N–H and O–H groups in total. The van der Waals surface area contributed by atoms with Crippen molar-refractivity contribution >= 4 is 0 Å². The van der Waals surface area contributed by atoms with Gasteiger partial charge in [0.25, 0.3) is 0 Å². The molecule has 1 heterocycles. The van der Waals surface area contributed by atoms with E-state index < -0.39 is 0 Å². The molecule has 0 amide bonds. The van der Waals surface area contributed by atoms with Gasteiger partial charge < -0.3 is 6.58 Å². The molecule has 0 atom stereocenters. The average molecular weight is 165 g/mol. The Kier molecular flexibility index (Phi) is 12.9. The van der Waals surface area contributed by atoms with Crippen LogP contribution in [0.25, 0.3) is 0 Å². The van der Waals surface area contributed by atoms with Gasteiger partial charge in [0.2, 0.25) is 0 Å². The van der Waals surface area contributed by atoms with Gasteiger partial charge in [-0.1, -0.05) is 6.07 Å². The van der Waals surface area contributed by atoms with Gasteiger partial charge in [0.15, 0.2) is 0 Å². The van der Waals surface area contributed by atoms with E-state index in [0.717, 1.165) is 0 Å². The first-order valence-electron chi connectivity index (χ1n) is 2.26. The number of rotatable bonds is 0. The number of nitrogens with zero attached hydrogens (tertiary/aromatic N) is 1. The normalized spacial score (nSPS) is 5.78. The molecule has 0 saturated heterocycles. The van der Waals surface area contributed by atoms with Crippen LogP contribution in [0.15, 0.2) is 37.2 Å². The second kappa shape index (κ2) is 10.4. The third kappa shape index (κ3) is 7.38. The molecule has 0 aliphatic rings. The second-order valence-corrected chi connectivity index (χ2v) is 1.02. The molecule has 0 aromatic carbocycles. The van der Waals surface area contributed by atoms with E-state index in [0.29, 0.717) is 0 Å². The van der Waals surface area contributed by atoms with E-state index in [4.69, 9.17) is 0 Å². The van der Waals surface area contributed by atoms with Gasteiger partial charge >= 0.3 is 0 Å². The zero-order valence-electron chi connectivity index (χ0n) is 4.93. The SMILES string of the molecule is [CH-]=C.[Ni].c1ccncc1. The molecule has 2 heteroatoms. The largest absolute Gasteiger partial charge is 0.521 e. The maximum atomic E-state index is 4.25. The molecule has 0 spiro atoms. The Labute approximate surface area is 65.7 Å². The zero-order valence-corrected chi connectivity index (χ0v) is 5.92. The molecular weight excluding hydrogens is 157 g/mol. The molecule has 52 valence electrons. The van der Waals surface area contributed by atoms with E-state index in [1.807, 2.05) is 18.2 Å². The molecule has 9 heavy (non-hydrogen) atoms. The third-order valence-electron chi connectivity index (χ3n) is 0.566. The average Bonchev–Trinajstić information content (AvgIpc) is 1.96. The molecular formula is C7H8NNi-. The first-order chi connectivity index (χ1) is 4.00. The number of aromatic nitrogens is 1. The molecule has 0 aliphatic carbocycles. The van der Waals surface area contributed by atoms with E-state index >= 15 is 0 Å². The smallest absolute Gasteiger partial charge is 0.0267 e.